The molecule has 2 aromatic rings. The number of carbonyl (C=O) groups is 2. The van der Waals surface area contributed by atoms with Crippen molar-refractivity contribution in [1.29, 1.82) is 0 Å². The second-order valence-electron chi connectivity index (χ2n) is 6.64. The van der Waals surface area contributed by atoms with E-state index >= 15 is 0 Å². The van der Waals surface area contributed by atoms with Gasteiger partial charge in [-0.2, -0.15) is 0 Å². The van der Waals surface area contributed by atoms with E-state index in [2.05, 4.69) is 0 Å². The molecule has 32 heavy (non-hydrogen) atoms. The van der Waals surface area contributed by atoms with E-state index in [4.69, 9.17) is 50.8 Å². The summed E-state index contributed by atoms with van der Waals surface area (Å²) in [5.41, 5.74) is -1.45. The van der Waals surface area contributed by atoms with E-state index < -0.39 is 33.5 Å². The largest absolute Gasteiger partial charge is 0.506 e. The van der Waals surface area contributed by atoms with Gasteiger partial charge in [0.25, 0.3) is 0 Å². The number of carboxylic acid groups (broad SMARTS) is 2. The van der Waals surface area contributed by atoms with Gasteiger partial charge in [-0.3, -0.25) is 4.79 Å². The Morgan fingerprint density at radius 2 is 1.50 bits per heavy atom. The van der Waals surface area contributed by atoms with Crippen LogP contribution in [0.3, 0.4) is 0 Å². The number of rotatable bonds is 3. The van der Waals surface area contributed by atoms with Crippen molar-refractivity contribution in [1.82, 2.24) is 0 Å². The number of benzene rings is 3. The van der Waals surface area contributed by atoms with Crippen molar-refractivity contribution < 1.29 is 29.3 Å². The van der Waals surface area contributed by atoms with Gasteiger partial charge >= 0.3 is 11.9 Å². The topological polar surface area (TPSA) is 125 Å². The smallest absolute Gasteiger partial charge is 0.337 e. The van der Waals surface area contributed by atoms with E-state index in [9.17, 15) is 29.7 Å². The van der Waals surface area contributed by atoms with E-state index in [1.165, 1.54) is 18.2 Å². The van der Waals surface area contributed by atoms with Gasteiger partial charge < -0.3 is 19.7 Å². The Balaban J connectivity index is 2.32. The van der Waals surface area contributed by atoms with Crippen LogP contribution in [0.4, 0.5) is 0 Å². The Morgan fingerprint density at radius 3 is 2.12 bits per heavy atom. The summed E-state index contributed by atoms with van der Waals surface area (Å²) < 4.78 is 5.72. The normalized spacial score (nSPS) is 11.2. The summed E-state index contributed by atoms with van der Waals surface area (Å²) in [6.07, 6.45) is 0. The molecule has 0 aromatic heterocycles. The summed E-state index contributed by atoms with van der Waals surface area (Å²) in [4.78, 5) is 35.8. The molecule has 3 N–H and O–H groups in total. The fourth-order valence-corrected chi connectivity index (χ4v) is 4.33. The molecule has 1 heterocycles. The molecule has 2 aliphatic rings. The van der Waals surface area contributed by atoms with Gasteiger partial charge in [-0.05, 0) is 18.2 Å². The summed E-state index contributed by atoms with van der Waals surface area (Å²) in [6, 6.07) is 5.86. The van der Waals surface area contributed by atoms with Crippen LogP contribution in [0.5, 0.6) is 5.75 Å². The third-order valence-electron chi connectivity index (χ3n) is 4.75. The lowest BCUT2D eigenvalue weighted by molar-refractivity contribution is 0.0696. The van der Waals surface area contributed by atoms with Crippen molar-refractivity contribution in [3.63, 3.8) is 0 Å². The van der Waals surface area contributed by atoms with Crippen molar-refractivity contribution >= 4 is 69.3 Å². The Hall–Kier alpha value is -2.97. The van der Waals surface area contributed by atoms with Gasteiger partial charge in [0.05, 0.1) is 31.2 Å². The second-order valence-corrected chi connectivity index (χ2v) is 8.24. The first-order valence-electron chi connectivity index (χ1n) is 8.58. The van der Waals surface area contributed by atoms with Crippen molar-refractivity contribution in [3.8, 4) is 28.2 Å². The number of aromatic hydroxyl groups is 1. The molecule has 0 fully saturated rings. The highest BCUT2D eigenvalue weighted by molar-refractivity contribution is 6.41. The average Bonchev–Trinajstić information content (AvgIpc) is 2.70. The first-order chi connectivity index (χ1) is 15.0. The van der Waals surface area contributed by atoms with Crippen molar-refractivity contribution in [3.05, 3.63) is 71.8 Å². The maximum absolute atomic E-state index is 12.2. The van der Waals surface area contributed by atoms with E-state index in [-0.39, 0.29) is 54.2 Å². The fraction of sp³-hybridized carbons (Fsp3) is 0. The van der Waals surface area contributed by atoms with Gasteiger partial charge in [-0.25, -0.2) is 9.59 Å². The molecule has 0 amide bonds. The summed E-state index contributed by atoms with van der Waals surface area (Å²) >= 11 is 24.6. The minimum Gasteiger partial charge on any atom is -0.506 e. The number of phenolic OH excluding ortho intramolecular Hbond substituents is 1. The van der Waals surface area contributed by atoms with Gasteiger partial charge in [0.15, 0.2) is 0 Å². The predicted octanol–water partition coefficient (Wildman–Crippen LogP) is 6.28. The number of carboxylic acids is 2. The summed E-state index contributed by atoms with van der Waals surface area (Å²) in [5, 5.41) is 28.4. The highest BCUT2D eigenvalue weighted by Gasteiger charge is 2.30. The van der Waals surface area contributed by atoms with Crippen LogP contribution in [0.2, 0.25) is 20.1 Å². The molecule has 162 valence electrons. The second kappa shape index (κ2) is 7.86. The Bertz CT molecular complexity index is 1510. The highest BCUT2D eigenvalue weighted by atomic mass is 35.5. The predicted molar refractivity (Wildman–Crippen MR) is 120 cm³/mol. The lowest BCUT2D eigenvalue weighted by Gasteiger charge is -2.19. The van der Waals surface area contributed by atoms with Gasteiger partial charge in [0, 0.05) is 34.2 Å². The number of aromatic carboxylic acids is 2. The fourth-order valence-electron chi connectivity index (χ4n) is 3.40. The van der Waals surface area contributed by atoms with E-state index in [1.54, 1.807) is 0 Å². The van der Waals surface area contributed by atoms with E-state index in [0.29, 0.717) is 0 Å². The summed E-state index contributed by atoms with van der Waals surface area (Å²) in [5.74, 6) is -3.34. The zero-order valence-electron chi connectivity index (χ0n) is 15.4. The average molecular weight is 514 g/mol. The third kappa shape index (κ3) is 3.43. The summed E-state index contributed by atoms with van der Waals surface area (Å²) in [7, 11) is 0. The zero-order valence-corrected chi connectivity index (χ0v) is 18.4. The molecule has 0 unspecified atom stereocenters. The molecule has 0 saturated heterocycles. The van der Waals surface area contributed by atoms with E-state index in [1.807, 2.05) is 0 Å². The number of hydrogen-bond donors (Lipinski definition) is 3. The van der Waals surface area contributed by atoms with Gasteiger partial charge in [0.1, 0.15) is 17.1 Å². The van der Waals surface area contributed by atoms with Crippen LogP contribution >= 0.6 is 46.4 Å². The van der Waals surface area contributed by atoms with Crippen LogP contribution in [0.25, 0.3) is 33.4 Å². The molecule has 0 bridgehead atoms. The maximum Gasteiger partial charge on any atom is 0.337 e. The number of fused-ring (bicyclic) bond motifs is 2. The molecule has 0 saturated carbocycles. The number of phenols is 1. The molecule has 0 spiro atoms. The molecule has 11 heteroatoms. The molecule has 0 radical (unpaired) electrons. The van der Waals surface area contributed by atoms with Crippen LogP contribution < -0.4 is 5.43 Å². The molecule has 1 aliphatic heterocycles. The lowest BCUT2D eigenvalue weighted by atomic mass is 9.89. The lowest BCUT2D eigenvalue weighted by Crippen LogP contribution is -2.09. The van der Waals surface area contributed by atoms with Crippen LogP contribution in [-0.4, -0.2) is 27.3 Å². The van der Waals surface area contributed by atoms with Crippen LogP contribution in [0, 0.1) is 0 Å². The van der Waals surface area contributed by atoms with E-state index in [0.717, 1.165) is 12.1 Å². The van der Waals surface area contributed by atoms with Crippen LogP contribution in [0.1, 0.15) is 20.7 Å². The first kappa shape index (κ1) is 22.2. The van der Waals surface area contributed by atoms with Crippen LogP contribution in [0.15, 0.2) is 39.5 Å². The SMILES string of the molecule is O=C(O)c1cc(Cl)c(-c2c3cc(Cl)c(=O)cc-3oc3cc(O)c(Cl)cc23)c(C(=O)O)c1Cl. The Kier molecular flexibility index (Phi) is 5.46. The Labute approximate surface area is 198 Å². The first-order valence-corrected chi connectivity index (χ1v) is 10.1. The monoisotopic (exact) mass is 512 g/mol. The van der Waals surface area contributed by atoms with Gasteiger partial charge in [0.2, 0.25) is 5.43 Å². The van der Waals surface area contributed by atoms with Gasteiger partial charge in [-0.1, -0.05) is 46.4 Å². The molecule has 4 rings (SSSR count). The molecule has 2 aromatic carbocycles. The highest BCUT2D eigenvalue weighted by Crippen LogP contribution is 2.48. The number of halogens is 4. The molecular formula is C21H8Cl4O7. The Morgan fingerprint density at radius 1 is 0.812 bits per heavy atom. The molecule has 1 aliphatic carbocycles. The third-order valence-corrected chi connectivity index (χ3v) is 6.04. The van der Waals surface area contributed by atoms with Crippen LogP contribution in [-0.2, 0) is 0 Å². The van der Waals surface area contributed by atoms with Crippen molar-refractivity contribution in [2.24, 2.45) is 0 Å². The maximum atomic E-state index is 12.2. The number of hydrogen-bond acceptors (Lipinski definition) is 5. The minimum absolute atomic E-state index is 0.00876. The molecule has 7 nitrogen and oxygen atoms in total. The van der Waals surface area contributed by atoms with Crippen molar-refractivity contribution in [2.75, 3.05) is 0 Å². The minimum atomic E-state index is -1.55. The summed E-state index contributed by atoms with van der Waals surface area (Å²) in [6.45, 7) is 0. The quantitative estimate of drug-likeness (QED) is 0.275. The standard InChI is InChI=1S/C21H8Cl4O7/c22-9-1-6-14(4-12(9)26)32-15-5-13(27)10(23)2-7(15)16(6)17-11(24)3-8(20(28)29)19(25)18(17)21(30)31/h1-5,26H,(H,28,29)(H,30,31). The van der Waals surface area contributed by atoms with Crippen molar-refractivity contribution in [2.45, 2.75) is 0 Å². The molecule has 0 atom stereocenters. The zero-order chi connectivity index (χ0) is 23.5. The molecular weight excluding hydrogens is 506 g/mol. The van der Waals surface area contributed by atoms with Gasteiger partial charge in [-0.15, -0.1) is 0 Å².